The van der Waals surface area contributed by atoms with Gasteiger partial charge in [-0.25, -0.2) is 4.98 Å². The van der Waals surface area contributed by atoms with Gasteiger partial charge in [-0.05, 0) is 30.3 Å². The van der Waals surface area contributed by atoms with Crippen LogP contribution < -0.4 is 5.32 Å². The van der Waals surface area contributed by atoms with E-state index in [-0.39, 0.29) is 11.6 Å². The van der Waals surface area contributed by atoms with Crippen LogP contribution in [0.3, 0.4) is 0 Å². The second-order valence-electron chi connectivity index (χ2n) is 4.81. The lowest BCUT2D eigenvalue weighted by atomic mass is 10.1. The van der Waals surface area contributed by atoms with Gasteiger partial charge in [0.25, 0.3) is 11.6 Å². The maximum Gasteiger partial charge on any atom is 0.269 e. The molecule has 0 bridgehead atoms. The molecule has 0 spiro atoms. The maximum atomic E-state index is 12.2. The molecule has 0 atom stereocenters. The number of anilines is 1. The van der Waals surface area contributed by atoms with E-state index in [1.807, 2.05) is 6.07 Å². The number of nitro groups is 1. The third-order valence-corrected chi connectivity index (χ3v) is 4.44. The number of rotatable bonds is 4. The fourth-order valence-electron chi connectivity index (χ4n) is 2.02. The summed E-state index contributed by atoms with van der Waals surface area (Å²) in [6.45, 7) is 0. The Labute approximate surface area is 149 Å². The normalized spacial score (nSPS) is 10.4. The molecule has 0 aliphatic rings. The molecule has 0 radical (unpaired) electrons. The SMILES string of the molecule is O=C(Nc1nc(-c2ccc([N+](=O)[O-])cc2)cs1)c1cccc(Br)c1. The number of carbonyl (C=O) groups excluding carboxylic acids is 1. The van der Waals surface area contributed by atoms with Gasteiger partial charge in [0.05, 0.1) is 10.6 Å². The van der Waals surface area contributed by atoms with Crippen LogP contribution in [0.4, 0.5) is 10.8 Å². The number of hydrogen-bond acceptors (Lipinski definition) is 5. The molecule has 120 valence electrons. The van der Waals surface area contributed by atoms with E-state index in [1.165, 1.54) is 23.5 Å². The summed E-state index contributed by atoms with van der Waals surface area (Å²) >= 11 is 4.62. The van der Waals surface area contributed by atoms with Crippen molar-refractivity contribution in [3.05, 3.63) is 74.1 Å². The van der Waals surface area contributed by atoms with Gasteiger partial charge in [0.15, 0.2) is 5.13 Å². The number of halogens is 1. The van der Waals surface area contributed by atoms with Crippen LogP contribution in [0.25, 0.3) is 11.3 Å². The molecule has 24 heavy (non-hydrogen) atoms. The lowest BCUT2D eigenvalue weighted by molar-refractivity contribution is -0.384. The highest BCUT2D eigenvalue weighted by atomic mass is 79.9. The molecule has 0 aliphatic heterocycles. The molecule has 0 saturated heterocycles. The minimum atomic E-state index is -0.450. The Balaban J connectivity index is 1.75. The lowest BCUT2D eigenvalue weighted by Crippen LogP contribution is -2.11. The molecule has 1 N–H and O–H groups in total. The summed E-state index contributed by atoms with van der Waals surface area (Å²) in [5.41, 5.74) is 1.95. The minimum absolute atomic E-state index is 0.0251. The van der Waals surface area contributed by atoms with Crippen molar-refractivity contribution in [2.24, 2.45) is 0 Å². The molecule has 8 heteroatoms. The van der Waals surface area contributed by atoms with E-state index in [9.17, 15) is 14.9 Å². The zero-order valence-electron chi connectivity index (χ0n) is 12.1. The third kappa shape index (κ3) is 3.66. The molecule has 0 unspecified atom stereocenters. The van der Waals surface area contributed by atoms with Crippen LogP contribution in [0.1, 0.15) is 10.4 Å². The van der Waals surface area contributed by atoms with Crippen molar-refractivity contribution in [1.82, 2.24) is 4.98 Å². The van der Waals surface area contributed by atoms with Crippen LogP contribution in [0.15, 0.2) is 58.4 Å². The van der Waals surface area contributed by atoms with Gasteiger partial charge in [0.1, 0.15) is 0 Å². The van der Waals surface area contributed by atoms with Crippen LogP contribution in [-0.2, 0) is 0 Å². The van der Waals surface area contributed by atoms with Gasteiger partial charge in [-0.2, -0.15) is 0 Å². The molecule has 1 aromatic heterocycles. The number of benzene rings is 2. The molecule has 1 heterocycles. The Morgan fingerprint density at radius 3 is 2.62 bits per heavy atom. The average molecular weight is 404 g/mol. The summed E-state index contributed by atoms with van der Waals surface area (Å²) in [6.07, 6.45) is 0. The van der Waals surface area contributed by atoms with E-state index in [0.717, 1.165) is 10.0 Å². The van der Waals surface area contributed by atoms with Gasteiger partial charge in [-0.15, -0.1) is 11.3 Å². The van der Waals surface area contributed by atoms with Crippen LogP contribution in [0.2, 0.25) is 0 Å². The van der Waals surface area contributed by atoms with Gasteiger partial charge in [-0.3, -0.25) is 20.2 Å². The molecule has 0 aliphatic carbocycles. The van der Waals surface area contributed by atoms with Crippen molar-refractivity contribution in [1.29, 1.82) is 0 Å². The first-order valence-electron chi connectivity index (χ1n) is 6.80. The third-order valence-electron chi connectivity index (χ3n) is 3.19. The smallest absolute Gasteiger partial charge is 0.269 e. The van der Waals surface area contributed by atoms with Gasteiger partial charge < -0.3 is 0 Å². The number of non-ortho nitro benzene ring substituents is 1. The number of carbonyl (C=O) groups is 1. The van der Waals surface area contributed by atoms with E-state index in [0.29, 0.717) is 16.4 Å². The van der Waals surface area contributed by atoms with Gasteiger partial charge >= 0.3 is 0 Å². The van der Waals surface area contributed by atoms with Gasteiger partial charge in [-0.1, -0.05) is 22.0 Å². The standard InChI is InChI=1S/C16H10BrN3O3S/c17-12-3-1-2-11(8-12)15(21)19-16-18-14(9-24-16)10-4-6-13(7-5-10)20(22)23/h1-9H,(H,18,19,21). The van der Waals surface area contributed by atoms with E-state index < -0.39 is 4.92 Å². The van der Waals surface area contributed by atoms with E-state index in [4.69, 9.17) is 0 Å². The Morgan fingerprint density at radius 1 is 1.21 bits per heavy atom. The summed E-state index contributed by atoms with van der Waals surface area (Å²) in [5.74, 6) is -0.249. The highest BCUT2D eigenvalue weighted by molar-refractivity contribution is 9.10. The zero-order chi connectivity index (χ0) is 17.1. The fraction of sp³-hybridized carbons (Fsp3) is 0. The molecule has 6 nitrogen and oxygen atoms in total. The first kappa shape index (κ1) is 16.3. The molecule has 2 aromatic carbocycles. The average Bonchev–Trinajstić information content (AvgIpc) is 3.03. The van der Waals surface area contributed by atoms with E-state index >= 15 is 0 Å². The largest absolute Gasteiger partial charge is 0.298 e. The Hall–Kier alpha value is -2.58. The number of hydrogen-bond donors (Lipinski definition) is 1. The number of nitro benzene ring substituents is 1. The summed E-state index contributed by atoms with van der Waals surface area (Å²) in [7, 11) is 0. The summed E-state index contributed by atoms with van der Waals surface area (Å²) in [4.78, 5) is 26.8. The second-order valence-corrected chi connectivity index (χ2v) is 6.58. The van der Waals surface area contributed by atoms with Crippen molar-refractivity contribution in [2.45, 2.75) is 0 Å². The van der Waals surface area contributed by atoms with Crippen LogP contribution in [-0.4, -0.2) is 15.8 Å². The predicted octanol–water partition coefficient (Wildman–Crippen LogP) is 4.73. The zero-order valence-corrected chi connectivity index (χ0v) is 14.5. The monoisotopic (exact) mass is 403 g/mol. The lowest BCUT2D eigenvalue weighted by Gasteiger charge is -2.02. The predicted molar refractivity (Wildman–Crippen MR) is 96.3 cm³/mol. The van der Waals surface area contributed by atoms with Crippen molar-refractivity contribution in [2.75, 3.05) is 5.32 Å². The number of thiazole rings is 1. The summed E-state index contributed by atoms with van der Waals surface area (Å²) in [6, 6.07) is 13.2. The van der Waals surface area contributed by atoms with Crippen molar-refractivity contribution < 1.29 is 9.72 Å². The molecular weight excluding hydrogens is 394 g/mol. The molecule has 0 fully saturated rings. The highest BCUT2D eigenvalue weighted by Gasteiger charge is 2.11. The first-order valence-corrected chi connectivity index (χ1v) is 8.47. The van der Waals surface area contributed by atoms with Crippen molar-refractivity contribution in [3.8, 4) is 11.3 Å². The fourth-order valence-corrected chi connectivity index (χ4v) is 3.13. The Morgan fingerprint density at radius 2 is 1.96 bits per heavy atom. The molecular formula is C16H10BrN3O3S. The summed E-state index contributed by atoms with van der Waals surface area (Å²) in [5, 5.41) is 15.7. The number of amides is 1. The van der Waals surface area contributed by atoms with Crippen molar-refractivity contribution in [3.63, 3.8) is 0 Å². The van der Waals surface area contributed by atoms with Gasteiger partial charge in [0.2, 0.25) is 0 Å². The van der Waals surface area contributed by atoms with Crippen LogP contribution in [0.5, 0.6) is 0 Å². The molecule has 3 aromatic rings. The van der Waals surface area contributed by atoms with Gasteiger partial charge in [0, 0.05) is 33.1 Å². The first-order chi connectivity index (χ1) is 11.5. The molecule has 1 amide bonds. The highest BCUT2D eigenvalue weighted by Crippen LogP contribution is 2.26. The molecule has 3 rings (SSSR count). The minimum Gasteiger partial charge on any atom is -0.298 e. The van der Waals surface area contributed by atoms with Crippen LogP contribution >= 0.6 is 27.3 Å². The summed E-state index contributed by atoms with van der Waals surface area (Å²) < 4.78 is 0.820. The number of aromatic nitrogens is 1. The van der Waals surface area contributed by atoms with E-state index in [1.54, 1.807) is 35.7 Å². The quantitative estimate of drug-likeness (QED) is 0.503. The topological polar surface area (TPSA) is 85.1 Å². The second kappa shape index (κ2) is 6.90. The molecule has 0 saturated carbocycles. The Kier molecular flexibility index (Phi) is 4.68. The number of nitrogens with one attached hydrogen (secondary N) is 1. The number of nitrogens with zero attached hydrogens (tertiary/aromatic N) is 2. The van der Waals surface area contributed by atoms with E-state index in [2.05, 4.69) is 26.2 Å². The Bertz CT molecular complexity index is 909. The van der Waals surface area contributed by atoms with Crippen LogP contribution in [0, 0.1) is 10.1 Å². The maximum absolute atomic E-state index is 12.2. The van der Waals surface area contributed by atoms with Crippen molar-refractivity contribution >= 4 is 44.0 Å².